The highest BCUT2D eigenvalue weighted by Crippen LogP contribution is 2.42. The van der Waals surface area contributed by atoms with Crippen molar-refractivity contribution in [2.24, 2.45) is 5.92 Å². The Morgan fingerprint density at radius 2 is 1.32 bits per heavy atom. The zero-order chi connectivity index (χ0) is 21.8. The molecule has 1 unspecified atom stereocenters. The summed E-state index contributed by atoms with van der Waals surface area (Å²) >= 11 is 4.09. The molecule has 3 heterocycles. The van der Waals surface area contributed by atoms with Crippen molar-refractivity contribution in [3.63, 3.8) is 0 Å². The quantitative estimate of drug-likeness (QED) is 0.201. The Kier molecular flexibility index (Phi) is 7.56. The number of aryl methyl sites for hydroxylation is 2. The van der Waals surface area contributed by atoms with Gasteiger partial charge in [-0.15, -0.1) is 22.7 Å². The first-order valence-corrected chi connectivity index (χ1v) is 16.2. The molecule has 1 aliphatic rings. The minimum Gasteiger partial charge on any atom is -0.140 e. The maximum absolute atomic E-state index is 2.58. The minimum atomic E-state index is -1.97. The van der Waals surface area contributed by atoms with Crippen LogP contribution in [0.3, 0.4) is 0 Å². The first-order chi connectivity index (χ1) is 15.1. The summed E-state index contributed by atoms with van der Waals surface area (Å²) in [7, 11) is -1.97. The number of fused-ring (bicyclic) bond motifs is 3. The van der Waals surface area contributed by atoms with Crippen molar-refractivity contribution in [1.29, 1.82) is 0 Å². The fraction of sp³-hybridized carbons (Fsp3) is 0.500. The number of hydrogen-bond acceptors (Lipinski definition) is 2. The summed E-state index contributed by atoms with van der Waals surface area (Å²) < 4.78 is 0. The van der Waals surface area contributed by atoms with Crippen LogP contribution < -0.4 is 15.6 Å². The van der Waals surface area contributed by atoms with E-state index in [0.717, 1.165) is 5.92 Å². The van der Waals surface area contributed by atoms with Crippen LogP contribution in [0.1, 0.15) is 75.0 Å². The van der Waals surface area contributed by atoms with Crippen molar-refractivity contribution in [2.75, 3.05) is 0 Å². The molecule has 166 valence electrons. The van der Waals surface area contributed by atoms with Crippen LogP contribution in [-0.4, -0.2) is 8.07 Å². The largest absolute Gasteiger partial charge is 0.152 e. The van der Waals surface area contributed by atoms with E-state index in [4.69, 9.17) is 0 Å². The van der Waals surface area contributed by atoms with E-state index >= 15 is 0 Å². The molecule has 3 aromatic rings. The highest BCUT2D eigenvalue weighted by atomic mass is 32.1. The van der Waals surface area contributed by atoms with Gasteiger partial charge in [-0.3, -0.25) is 0 Å². The first-order valence-electron chi connectivity index (χ1n) is 12.4. The van der Waals surface area contributed by atoms with Gasteiger partial charge < -0.3 is 0 Å². The number of hydrogen-bond donors (Lipinski definition) is 0. The van der Waals surface area contributed by atoms with Crippen molar-refractivity contribution in [1.82, 2.24) is 0 Å². The van der Waals surface area contributed by atoms with Gasteiger partial charge in [0.1, 0.15) is 0 Å². The number of rotatable bonds is 11. The van der Waals surface area contributed by atoms with Crippen molar-refractivity contribution in [2.45, 2.75) is 85.1 Å². The van der Waals surface area contributed by atoms with Gasteiger partial charge in [0.2, 0.25) is 0 Å². The second-order valence-corrected chi connectivity index (χ2v) is 15.9. The maximum atomic E-state index is 2.58. The van der Waals surface area contributed by atoms with E-state index in [0.29, 0.717) is 0 Å². The second kappa shape index (κ2) is 10.2. The van der Waals surface area contributed by atoms with E-state index in [9.17, 15) is 0 Å². The van der Waals surface area contributed by atoms with E-state index in [1.54, 1.807) is 25.3 Å². The third-order valence-corrected chi connectivity index (χ3v) is 14.9. The number of thiophene rings is 2. The third-order valence-electron chi connectivity index (χ3n) is 7.13. The molecule has 0 fully saturated rings. The molecule has 2 aromatic heterocycles. The fourth-order valence-electron chi connectivity index (χ4n) is 5.65. The summed E-state index contributed by atoms with van der Waals surface area (Å²) in [5, 5.41) is 5.11. The smallest absolute Gasteiger partial charge is 0.140 e. The lowest BCUT2D eigenvalue weighted by Gasteiger charge is -2.33. The van der Waals surface area contributed by atoms with Gasteiger partial charge in [-0.05, 0) is 53.5 Å². The van der Waals surface area contributed by atoms with Gasteiger partial charge in [-0.2, -0.15) is 0 Å². The topological polar surface area (TPSA) is 0 Å². The van der Waals surface area contributed by atoms with Crippen molar-refractivity contribution in [3.8, 4) is 9.75 Å². The molecule has 1 aromatic carbocycles. The predicted octanol–water partition coefficient (Wildman–Crippen LogP) is 7.65. The molecule has 0 saturated carbocycles. The van der Waals surface area contributed by atoms with Crippen LogP contribution in [0.15, 0.2) is 42.5 Å². The Labute approximate surface area is 198 Å². The molecule has 0 N–H and O–H groups in total. The average Bonchev–Trinajstić information content (AvgIpc) is 3.41. The predicted molar refractivity (Wildman–Crippen MR) is 145 cm³/mol. The molecule has 0 nitrogen and oxygen atoms in total. The molecule has 0 radical (unpaired) electrons. The van der Waals surface area contributed by atoms with Crippen LogP contribution in [-0.2, 0) is 0 Å². The van der Waals surface area contributed by atoms with Crippen molar-refractivity contribution in [3.05, 3.63) is 52.2 Å². The van der Waals surface area contributed by atoms with Gasteiger partial charge in [0.15, 0.2) is 8.07 Å². The highest BCUT2D eigenvalue weighted by molar-refractivity contribution is 7.31. The Balaban J connectivity index is 1.79. The van der Waals surface area contributed by atoms with Crippen molar-refractivity contribution < 1.29 is 0 Å². The lowest BCUT2D eigenvalue weighted by Crippen LogP contribution is -2.65. The fourth-order valence-corrected chi connectivity index (χ4v) is 15.0. The normalized spacial score (nSPS) is 15.1. The summed E-state index contributed by atoms with van der Waals surface area (Å²) in [6.45, 7) is 9.30. The Bertz CT molecular complexity index is 936. The average molecular weight is 467 g/mol. The minimum absolute atomic E-state index is 0.850. The van der Waals surface area contributed by atoms with E-state index in [1.807, 2.05) is 22.7 Å². The molecular formula is C28H38S2Si. The summed E-state index contributed by atoms with van der Waals surface area (Å²) in [5.41, 5.74) is 0. The lowest BCUT2D eigenvalue weighted by molar-refractivity contribution is 0.442. The molecular weight excluding hydrogens is 429 g/mol. The van der Waals surface area contributed by atoms with Gasteiger partial charge >= 0.3 is 0 Å². The van der Waals surface area contributed by atoms with E-state index in [2.05, 4.69) is 70.2 Å². The third kappa shape index (κ3) is 4.51. The van der Waals surface area contributed by atoms with Crippen LogP contribution in [0.5, 0.6) is 0 Å². The summed E-state index contributed by atoms with van der Waals surface area (Å²) in [6.07, 6.45) is 11.1. The SMILES string of the molecule is CCCCCCC(CCCC)C[Si]1(c2ccccc2)c2cc(C)sc2-c2sc(C)cc21. The monoisotopic (exact) mass is 466 g/mol. The van der Waals surface area contributed by atoms with Crippen LogP contribution in [0, 0.1) is 19.8 Å². The standard InChI is InChI=1S/C28H38S2Si/c1-5-7-9-11-15-23(14-8-6-2)20-31(24-16-12-10-13-17-24)25-18-21(3)29-27(25)28-26(31)19-22(4)30-28/h10,12-13,16-19,23H,5-9,11,14-15,20H2,1-4H3. The first kappa shape index (κ1) is 23.0. The Morgan fingerprint density at radius 3 is 1.90 bits per heavy atom. The van der Waals surface area contributed by atoms with Gasteiger partial charge in [0.05, 0.1) is 0 Å². The molecule has 0 saturated heterocycles. The van der Waals surface area contributed by atoms with Crippen LogP contribution in [0.4, 0.5) is 0 Å². The van der Waals surface area contributed by atoms with Gasteiger partial charge in [0.25, 0.3) is 0 Å². The molecule has 3 heteroatoms. The van der Waals surface area contributed by atoms with Crippen LogP contribution in [0.25, 0.3) is 9.75 Å². The second-order valence-electron chi connectivity index (χ2n) is 9.53. The number of unbranched alkanes of at least 4 members (excludes halogenated alkanes) is 4. The summed E-state index contributed by atoms with van der Waals surface area (Å²) in [6, 6.07) is 18.2. The molecule has 31 heavy (non-hydrogen) atoms. The molecule has 4 rings (SSSR count). The van der Waals surface area contributed by atoms with Crippen molar-refractivity contribution >= 4 is 46.3 Å². The van der Waals surface area contributed by atoms with Gasteiger partial charge in [-0.25, -0.2) is 0 Å². The molecule has 1 atom stereocenters. The van der Waals surface area contributed by atoms with Crippen LogP contribution in [0.2, 0.25) is 6.04 Å². The zero-order valence-electron chi connectivity index (χ0n) is 19.8. The molecule has 0 aliphatic carbocycles. The molecule has 0 amide bonds. The van der Waals surface area contributed by atoms with Gasteiger partial charge in [0, 0.05) is 19.5 Å². The Hall–Kier alpha value is -1.16. The summed E-state index contributed by atoms with van der Waals surface area (Å²) in [4.78, 5) is 6.20. The lowest BCUT2D eigenvalue weighted by atomic mass is 9.97. The highest BCUT2D eigenvalue weighted by Gasteiger charge is 2.50. The Morgan fingerprint density at radius 1 is 0.742 bits per heavy atom. The van der Waals surface area contributed by atoms with Crippen LogP contribution >= 0.6 is 22.7 Å². The zero-order valence-corrected chi connectivity index (χ0v) is 22.4. The molecule has 0 spiro atoms. The molecule has 0 bridgehead atoms. The van der Waals surface area contributed by atoms with E-state index in [-0.39, 0.29) is 0 Å². The van der Waals surface area contributed by atoms with Gasteiger partial charge in [-0.1, -0.05) is 95.5 Å². The van der Waals surface area contributed by atoms with E-state index < -0.39 is 8.07 Å². The maximum Gasteiger partial charge on any atom is 0.152 e. The van der Waals surface area contributed by atoms with E-state index in [1.165, 1.54) is 67.2 Å². The molecule has 1 aliphatic heterocycles. The number of benzene rings is 1. The summed E-state index contributed by atoms with van der Waals surface area (Å²) in [5.74, 6) is 0.850.